The van der Waals surface area contributed by atoms with Gasteiger partial charge in [-0.2, -0.15) is 0 Å². The molecule has 0 saturated heterocycles. The highest BCUT2D eigenvalue weighted by Crippen LogP contribution is 2.15. The monoisotopic (exact) mass is 162 g/mol. The topological polar surface area (TPSA) is 63.8 Å². The molecule has 0 bridgehead atoms. The highest BCUT2D eigenvalue weighted by atomic mass is 15.3. The quantitative estimate of drug-likeness (QED) is 0.515. The predicted octanol–water partition coefficient (Wildman–Crippen LogP) is 1.05. The Balaban J connectivity index is 3.31. The van der Waals surface area contributed by atoms with Crippen LogP contribution in [0.4, 0.5) is 5.82 Å². The van der Waals surface area contributed by atoms with E-state index in [2.05, 4.69) is 28.6 Å². The number of nitrogens with zero attached hydrogens (tertiary/aromatic N) is 2. The minimum Gasteiger partial charge on any atom is -0.308 e. The Bertz CT molecular complexity index is 306. The van der Waals surface area contributed by atoms with E-state index in [1.54, 1.807) is 12.2 Å². The van der Waals surface area contributed by atoms with Crippen LogP contribution in [0, 0.1) is 0 Å². The van der Waals surface area contributed by atoms with Crippen molar-refractivity contribution < 1.29 is 0 Å². The number of hydrogen-bond acceptors (Lipinski definition) is 4. The first-order valence-corrected chi connectivity index (χ1v) is 3.40. The molecular formula is C8H10N4. The van der Waals surface area contributed by atoms with E-state index in [0.717, 1.165) is 5.56 Å². The molecule has 0 atom stereocenters. The van der Waals surface area contributed by atoms with Gasteiger partial charge in [0, 0.05) is 5.56 Å². The molecule has 0 aliphatic carbocycles. The summed E-state index contributed by atoms with van der Waals surface area (Å²) in [7, 11) is 0. The minimum absolute atomic E-state index is 0.551. The van der Waals surface area contributed by atoms with Crippen LogP contribution in [0.15, 0.2) is 19.5 Å². The second kappa shape index (κ2) is 3.64. The van der Waals surface area contributed by atoms with Crippen molar-refractivity contribution in [2.45, 2.75) is 0 Å². The van der Waals surface area contributed by atoms with Gasteiger partial charge >= 0.3 is 0 Å². The molecule has 0 saturated carbocycles. The third kappa shape index (κ3) is 1.33. The molecule has 3 N–H and O–H groups in total. The lowest BCUT2D eigenvalue weighted by Gasteiger charge is -2.04. The molecule has 12 heavy (non-hydrogen) atoms. The van der Waals surface area contributed by atoms with Crippen molar-refractivity contribution >= 4 is 18.0 Å². The molecule has 1 heterocycles. The molecule has 0 fully saturated rings. The molecular weight excluding hydrogens is 152 g/mol. The third-order valence-electron chi connectivity index (χ3n) is 1.45. The van der Waals surface area contributed by atoms with E-state index in [0.29, 0.717) is 11.5 Å². The molecule has 1 aromatic rings. The molecule has 1 rings (SSSR count). The van der Waals surface area contributed by atoms with Gasteiger partial charge in [0.25, 0.3) is 0 Å². The van der Waals surface area contributed by atoms with Gasteiger partial charge in [0.05, 0.1) is 5.69 Å². The molecule has 4 nitrogen and oxygen atoms in total. The van der Waals surface area contributed by atoms with Gasteiger partial charge in [-0.3, -0.25) is 0 Å². The summed E-state index contributed by atoms with van der Waals surface area (Å²) >= 11 is 0. The summed E-state index contributed by atoms with van der Waals surface area (Å²) in [5.74, 6) is 5.78. The Morgan fingerprint density at radius 1 is 1.33 bits per heavy atom. The highest BCUT2D eigenvalue weighted by molar-refractivity contribution is 5.69. The first kappa shape index (κ1) is 8.42. The van der Waals surface area contributed by atoms with Crippen LogP contribution in [0.2, 0.25) is 0 Å². The maximum atomic E-state index is 5.23. The normalized spacial score (nSPS) is 9.08. The first-order valence-electron chi connectivity index (χ1n) is 3.40. The number of nitrogens with two attached hydrogens (primary N) is 1. The molecule has 0 aliphatic heterocycles. The van der Waals surface area contributed by atoms with Crippen LogP contribution in [-0.2, 0) is 0 Å². The Kier molecular flexibility index (Phi) is 2.55. The Morgan fingerprint density at radius 2 is 2.08 bits per heavy atom. The SMILES string of the molecule is C=Cc1ncnc(NN)c1C=C. The Labute approximate surface area is 70.8 Å². The average Bonchev–Trinajstić information content (AvgIpc) is 2.16. The number of rotatable bonds is 3. The predicted molar refractivity (Wildman–Crippen MR) is 50.0 cm³/mol. The Morgan fingerprint density at radius 3 is 2.58 bits per heavy atom. The van der Waals surface area contributed by atoms with Crippen LogP contribution in [-0.4, -0.2) is 9.97 Å². The number of nitrogen functional groups attached to an aromatic ring is 1. The number of nitrogens with one attached hydrogen (secondary N) is 1. The van der Waals surface area contributed by atoms with Crippen molar-refractivity contribution in [1.82, 2.24) is 9.97 Å². The van der Waals surface area contributed by atoms with Gasteiger partial charge in [-0.25, -0.2) is 15.8 Å². The van der Waals surface area contributed by atoms with Crippen LogP contribution in [0.5, 0.6) is 0 Å². The molecule has 0 amide bonds. The molecule has 4 heteroatoms. The van der Waals surface area contributed by atoms with Crippen molar-refractivity contribution in [1.29, 1.82) is 0 Å². The maximum Gasteiger partial charge on any atom is 0.151 e. The van der Waals surface area contributed by atoms with Crippen LogP contribution in [0.1, 0.15) is 11.3 Å². The lowest BCUT2D eigenvalue weighted by Crippen LogP contribution is -2.11. The van der Waals surface area contributed by atoms with Gasteiger partial charge in [-0.1, -0.05) is 19.2 Å². The van der Waals surface area contributed by atoms with E-state index in [1.807, 2.05) is 0 Å². The number of hydrogen-bond donors (Lipinski definition) is 2. The van der Waals surface area contributed by atoms with Gasteiger partial charge in [-0.15, -0.1) is 0 Å². The van der Waals surface area contributed by atoms with Gasteiger partial charge in [-0.05, 0) is 6.08 Å². The lowest BCUT2D eigenvalue weighted by molar-refractivity contribution is 1.12. The van der Waals surface area contributed by atoms with Crippen LogP contribution >= 0.6 is 0 Å². The van der Waals surface area contributed by atoms with E-state index in [9.17, 15) is 0 Å². The fourth-order valence-corrected chi connectivity index (χ4v) is 0.888. The Hall–Kier alpha value is -1.68. The summed E-state index contributed by atoms with van der Waals surface area (Å²) in [4.78, 5) is 7.89. The van der Waals surface area contributed by atoms with E-state index in [1.165, 1.54) is 6.33 Å². The summed E-state index contributed by atoms with van der Waals surface area (Å²) in [6.45, 7) is 7.23. The summed E-state index contributed by atoms with van der Waals surface area (Å²) in [5, 5.41) is 0. The van der Waals surface area contributed by atoms with E-state index < -0.39 is 0 Å². The number of anilines is 1. The van der Waals surface area contributed by atoms with Crippen molar-refractivity contribution in [2.24, 2.45) is 5.84 Å². The zero-order valence-electron chi connectivity index (χ0n) is 6.62. The van der Waals surface area contributed by atoms with E-state index in [4.69, 9.17) is 5.84 Å². The summed E-state index contributed by atoms with van der Waals surface area (Å²) in [5.41, 5.74) is 3.93. The molecule has 0 aromatic carbocycles. The third-order valence-corrected chi connectivity index (χ3v) is 1.45. The average molecular weight is 162 g/mol. The lowest BCUT2D eigenvalue weighted by atomic mass is 10.2. The molecule has 62 valence electrons. The molecule has 0 radical (unpaired) electrons. The number of hydrazine groups is 1. The zero-order valence-corrected chi connectivity index (χ0v) is 6.62. The highest BCUT2D eigenvalue weighted by Gasteiger charge is 2.02. The molecule has 0 unspecified atom stereocenters. The zero-order chi connectivity index (χ0) is 8.97. The minimum atomic E-state index is 0.551. The van der Waals surface area contributed by atoms with Crippen molar-refractivity contribution in [2.75, 3.05) is 5.43 Å². The van der Waals surface area contributed by atoms with Crippen LogP contribution in [0.25, 0.3) is 12.2 Å². The van der Waals surface area contributed by atoms with Gasteiger partial charge in [0.1, 0.15) is 6.33 Å². The number of aromatic nitrogens is 2. The van der Waals surface area contributed by atoms with Crippen LogP contribution < -0.4 is 11.3 Å². The summed E-state index contributed by atoms with van der Waals surface area (Å²) in [6.07, 6.45) is 4.67. The second-order valence-corrected chi connectivity index (χ2v) is 2.07. The van der Waals surface area contributed by atoms with Crippen molar-refractivity contribution in [3.05, 3.63) is 30.7 Å². The van der Waals surface area contributed by atoms with E-state index >= 15 is 0 Å². The fourth-order valence-electron chi connectivity index (χ4n) is 0.888. The fraction of sp³-hybridized carbons (Fsp3) is 0. The van der Waals surface area contributed by atoms with Gasteiger partial charge in [0.2, 0.25) is 0 Å². The van der Waals surface area contributed by atoms with Crippen molar-refractivity contribution in [3.8, 4) is 0 Å². The second-order valence-electron chi connectivity index (χ2n) is 2.07. The summed E-state index contributed by atoms with van der Waals surface area (Å²) < 4.78 is 0. The molecule has 0 aliphatic rings. The van der Waals surface area contributed by atoms with Crippen molar-refractivity contribution in [3.63, 3.8) is 0 Å². The van der Waals surface area contributed by atoms with E-state index in [-0.39, 0.29) is 0 Å². The molecule has 0 spiro atoms. The maximum absolute atomic E-state index is 5.23. The van der Waals surface area contributed by atoms with Gasteiger partial charge in [0.15, 0.2) is 5.82 Å². The summed E-state index contributed by atoms with van der Waals surface area (Å²) in [6, 6.07) is 0. The first-order chi connectivity index (χ1) is 5.83. The van der Waals surface area contributed by atoms with Gasteiger partial charge < -0.3 is 5.43 Å². The smallest absolute Gasteiger partial charge is 0.151 e. The largest absolute Gasteiger partial charge is 0.308 e. The standard InChI is InChI=1S/C8H10N4/c1-3-6-7(4-2)10-5-11-8(6)12-9/h3-5H,1-2,9H2,(H,10,11,12). The molecule has 1 aromatic heterocycles. The van der Waals surface area contributed by atoms with Crippen LogP contribution in [0.3, 0.4) is 0 Å².